The molecule has 0 aliphatic carbocycles. The highest BCUT2D eigenvalue weighted by Crippen LogP contribution is 2.38. The third-order valence-corrected chi connectivity index (χ3v) is 6.36. The molecule has 0 unspecified atom stereocenters. The van der Waals surface area contributed by atoms with E-state index in [9.17, 15) is 4.79 Å². The van der Waals surface area contributed by atoms with Crippen LogP contribution in [-0.4, -0.2) is 11.1 Å². The highest BCUT2D eigenvalue weighted by Gasteiger charge is 2.35. The van der Waals surface area contributed by atoms with E-state index >= 15 is 0 Å². The lowest BCUT2D eigenvalue weighted by molar-refractivity contribution is -0.113. The van der Waals surface area contributed by atoms with Gasteiger partial charge in [-0.3, -0.25) is 9.69 Å². The zero-order valence-corrected chi connectivity index (χ0v) is 19.1. The summed E-state index contributed by atoms with van der Waals surface area (Å²) in [5.41, 5.74) is 6.16. The maximum Gasteiger partial charge on any atom is 0.271 e. The van der Waals surface area contributed by atoms with Crippen LogP contribution < -0.4 is 4.90 Å². The maximum atomic E-state index is 13.5. The van der Waals surface area contributed by atoms with E-state index in [0.717, 1.165) is 28.1 Å². The summed E-state index contributed by atoms with van der Waals surface area (Å²) in [6, 6.07) is 24.3. The van der Waals surface area contributed by atoms with Crippen LogP contribution in [0.1, 0.15) is 42.0 Å². The quantitative estimate of drug-likeness (QED) is 0.412. The number of nitrogens with zero attached hydrogens (tertiary/aromatic N) is 2. The molecule has 1 aliphatic heterocycles. The Morgan fingerprint density at radius 1 is 0.871 bits per heavy atom. The molecule has 4 rings (SSSR count). The van der Waals surface area contributed by atoms with Crippen LogP contribution in [0.25, 0.3) is 6.08 Å². The van der Waals surface area contributed by atoms with Crippen molar-refractivity contribution in [2.24, 2.45) is 4.99 Å². The Labute approximate surface area is 188 Å². The summed E-state index contributed by atoms with van der Waals surface area (Å²) >= 11 is 1.43. The molecule has 0 saturated carbocycles. The van der Waals surface area contributed by atoms with Gasteiger partial charge >= 0.3 is 0 Å². The highest BCUT2D eigenvalue weighted by molar-refractivity contribution is 8.19. The second-order valence-corrected chi connectivity index (χ2v) is 9.05. The van der Waals surface area contributed by atoms with Crippen molar-refractivity contribution < 1.29 is 4.79 Å². The smallest absolute Gasteiger partial charge is 0.268 e. The minimum atomic E-state index is -0.0421. The van der Waals surface area contributed by atoms with E-state index < -0.39 is 0 Å². The van der Waals surface area contributed by atoms with Gasteiger partial charge in [0.25, 0.3) is 5.91 Å². The number of benzene rings is 3. The first-order valence-corrected chi connectivity index (χ1v) is 11.3. The van der Waals surface area contributed by atoms with Gasteiger partial charge in [0.1, 0.15) is 0 Å². The molecular weight excluding hydrogens is 400 g/mol. The number of thioether (sulfide) groups is 1. The molecule has 3 aromatic rings. The number of rotatable bonds is 4. The monoisotopic (exact) mass is 426 g/mol. The lowest BCUT2D eigenvalue weighted by Crippen LogP contribution is -2.29. The van der Waals surface area contributed by atoms with Gasteiger partial charge in [-0.2, -0.15) is 0 Å². The maximum absolute atomic E-state index is 13.5. The summed E-state index contributed by atoms with van der Waals surface area (Å²) in [4.78, 5) is 20.8. The standard InChI is InChI=1S/C27H26N2OS/c1-18(2)22-15-13-21(14-16-22)17-25-26(30)29(24-12-8-6-10-20(24)4)27(31-25)28-23-11-7-5-9-19(23)3/h5-18H,1-4H3/b25-17+,28-27?. The first-order valence-electron chi connectivity index (χ1n) is 10.5. The number of amides is 1. The van der Waals surface area contributed by atoms with Gasteiger partial charge in [0.2, 0.25) is 0 Å². The first kappa shape index (κ1) is 21.1. The Balaban J connectivity index is 1.77. The summed E-state index contributed by atoms with van der Waals surface area (Å²) in [5, 5.41) is 0.679. The predicted octanol–water partition coefficient (Wildman–Crippen LogP) is 7.24. The van der Waals surface area contributed by atoms with E-state index in [4.69, 9.17) is 4.99 Å². The SMILES string of the molecule is Cc1ccccc1N=C1S/C(=C/c2ccc(C(C)C)cc2)C(=O)N1c1ccccc1C. The van der Waals surface area contributed by atoms with Crippen LogP contribution in [0.5, 0.6) is 0 Å². The minimum absolute atomic E-state index is 0.0421. The third-order valence-electron chi connectivity index (χ3n) is 5.40. The van der Waals surface area contributed by atoms with Crippen molar-refractivity contribution in [1.29, 1.82) is 0 Å². The Kier molecular flexibility index (Phi) is 6.10. The summed E-state index contributed by atoms with van der Waals surface area (Å²) in [7, 11) is 0. The molecule has 0 spiro atoms. The number of anilines is 1. The van der Waals surface area contributed by atoms with E-state index in [1.54, 1.807) is 4.90 Å². The van der Waals surface area contributed by atoms with Gasteiger partial charge in [-0.15, -0.1) is 0 Å². The number of para-hydroxylation sites is 2. The van der Waals surface area contributed by atoms with Crippen molar-refractivity contribution in [2.75, 3.05) is 4.90 Å². The Hall–Kier alpha value is -3.11. The van der Waals surface area contributed by atoms with E-state index in [2.05, 4.69) is 38.1 Å². The summed E-state index contributed by atoms with van der Waals surface area (Å²) < 4.78 is 0. The average Bonchev–Trinajstić information content (AvgIpc) is 3.05. The third kappa shape index (κ3) is 4.49. The molecule has 156 valence electrons. The number of aliphatic imine (C=N–C) groups is 1. The number of aryl methyl sites for hydroxylation is 2. The fourth-order valence-electron chi connectivity index (χ4n) is 3.50. The van der Waals surface area contributed by atoms with Crippen molar-refractivity contribution in [3.05, 3.63) is 100.0 Å². The van der Waals surface area contributed by atoms with Crippen LogP contribution in [0.2, 0.25) is 0 Å². The second kappa shape index (κ2) is 8.94. The molecule has 0 aromatic heterocycles. The van der Waals surface area contributed by atoms with Crippen LogP contribution in [0.4, 0.5) is 11.4 Å². The molecule has 0 N–H and O–H groups in total. The van der Waals surface area contributed by atoms with Crippen molar-refractivity contribution in [1.82, 2.24) is 0 Å². The number of amidine groups is 1. The van der Waals surface area contributed by atoms with Crippen molar-refractivity contribution >= 4 is 40.3 Å². The summed E-state index contributed by atoms with van der Waals surface area (Å²) in [6.07, 6.45) is 1.96. The topological polar surface area (TPSA) is 32.7 Å². The Morgan fingerprint density at radius 2 is 1.52 bits per heavy atom. The van der Waals surface area contributed by atoms with Crippen molar-refractivity contribution in [2.45, 2.75) is 33.6 Å². The predicted molar refractivity (Wildman–Crippen MR) is 133 cm³/mol. The molecule has 1 amide bonds. The van der Waals surface area contributed by atoms with Gasteiger partial charge in [0.05, 0.1) is 16.3 Å². The van der Waals surface area contributed by atoms with Crippen LogP contribution in [0.15, 0.2) is 82.7 Å². The fourth-order valence-corrected chi connectivity index (χ4v) is 4.48. The van der Waals surface area contributed by atoms with Gasteiger partial charge in [0, 0.05) is 0 Å². The molecule has 1 fully saturated rings. The normalized spacial score (nSPS) is 16.7. The van der Waals surface area contributed by atoms with Gasteiger partial charge in [-0.05, 0) is 72.0 Å². The molecule has 31 heavy (non-hydrogen) atoms. The highest BCUT2D eigenvalue weighted by atomic mass is 32.2. The zero-order valence-electron chi connectivity index (χ0n) is 18.3. The number of carbonyl (C=O) groups is 1. The van der Waals surface area contributed by atoms with Crippen LogP contribution in [-0.2, 0) is 4.79 Å². The minimum Gasteiger partial charge on any atom is -0.268 e. The molecule has 1 saturated heterocycles. The summed E-state index contributed by atoms with van der Waals surface area (Å²) in [5.74, 6) is 0.438. The second-order valence-electron chi connectivity index (χ2n) is 8.04. The molecule has 3 nitrogen and oxygen atoms in total. The van der Waals surface area contributed by atoms with Crippen LogP contribution in [0.3, 0.4) is 0 Å². The van der Waals surface area contributed by atoms with Crippen molar-refractivity contribution in [3.8, 4) is 0 Å². The largest absolute Gasteiger partial charge is 0.271 e. The molecular formula is C27H26N2OS. The van der Waals surface area contributed by atoms with Crippen LogP contribution >= 0.6 is 11.8 Å². The average molecular weight is 427 g/mol. The molecule has 4 heteroatoms. The van der Waals surface area contributed by atoms with E-state index in [-0.39, 0.29) is 5.91 Å². The van der Waals surface area contributed by atoms with Gasteiger partial charge in [-0.1, -0.05) is 74.5 Å². The lowest BCUT2D eigenvalue weighted by atomic mass is 10.0. The number of hydrogen-bond donors (Lipinski definition) is 0. The molecule has 1 aliphatic rings. The molecule has 3 aromatic carbocycles. The molecule has 1 heterocycles. The summed E-state index contributed by atoms with van der Waals surface area (Å²) in [6.45, 7) is 8.41. The first-order chi connectivity index (χ1) is 14.9. The molecule has 0 radical (unpaired) electrons. The fraction of sp³-hybridized carbons (Fsp3) is 0.185. The van der Waals surface area contributed by atoms with Gasteiger partial charge in [-0.25, -0.2) is 4.99 Å². The molecule has 0 bridgehead atoms. The van der Waals surface area contributed by atoms with Crippen LogP contribution in [0, 0.1) is 13.8 Å². The lowest BCUT2D eigenvalue weighted by Gasteiger charge is -2.18. The van der Waals surface area contributed by atoms with Gasteiger partial charge < -0.3 is 0 Å². The number of hydrogen-bond acceptors (Lipinski definition) is 3. The number of carbonyl (C=O) groups excluding carboxylic acids is 1. The Bertz CT molecular complexity index is 1180. The molecule has 0 atom stereocenters. The van der Waals surface area contributed by atoms with E-state index in [1.807, 2.05) is 68.5 Å². The Morgan fingerprint density at radius 3 is 2.16 bits per heavy atom. The van der Waals surface area contributed by atoms with Gasteiger partial charge in [0.15, 0.2) is 5.17 Å². The van der Waals surface area contributed by atoms with E-state index in [0.29, 0.717) is 16.0 Å². The van der Waals surface area contributed by atoms with Crippen molar-refractivity contribution in [3.63, 3.8) is 0 Å². The van der Waals surface area contributed by atoms with E-state index in [1.165, 1.54) is 17.3 Å². The zero-order chi connectivity index (χ0) is 22.0.